The molecular weight excluding hydrogens is 126 g/mol. The van der Waals surface area contributed by atoms with Crippen LogP contribution in [0.3, 0.4) is 0 Å². The average molecular weight is 137 g/mol. The van der Waals surface area contributed by atoms with Gasteiger partial charge in [-0.15, -0.1) is 0 Å². The van der Waals surface area contributed by atoms with E-state index < -0.39 is 0 Å². The molecule has 0 aromatic rings. The van der Waals surface area contributed by atoms with Crippen molar-refractivity contribution in [2.45, 2.75) is 20.3 Å². The zero-order chi connectivity index (χ0) is 7.56. The Balaban J connectivity index is 2.43. The maximum Gasteiger partial charge on any atom is 0.221 e. The van der Waals surface area contributed by atoms with E-state index in [1.165, 1.54) is 12.5 Å². The third-order valence-corrected chi connectivity index (χ3v) is 1.37. The second-order valence-corrected chi connectivity index (χ2v) is 2.56. The molecule has 1 N–H and O–H groups in total. The maximum absolute atomic E-state index is 10.5. The summed E-state index contributed by atoms with van der Waals surface area (Å²) in [6, 6.07) is 0. The van der Waals surface area contributed by atoms with Crippen LogP contribution in [-0.2, 0) is 4.79 Å². The Morgan fingerprint density at radius 1 is 1.60 bits per heavy atom. The highest BCUT2D eigenvalue weighted by molar-refractivity contribution is 5.75. The van der Waals surface area contributed by atoms with Crippen LogP contribution in [-0.4, -0.2) is 5.91 Å². The van der Waals surface area contributed by atoms with Crippen LogP contribution in [0, 0.1) is 0 Å². The largest absolute Gasteiger partial charge is 0.330 e. The number of nitrogens with one attached hydrogen (secondary N) is 1. The first-order valence-electron chi connectivity index (χ1n) is 3.32. The molecule has 54 valence electrons. The third-order valence-electron chi connectivity index (χ3n) is 1.37. The molecule has 0 aliphatic heterocycles. The van der Waals surface area contributed by atoms with E-state index >= 15 is 0 Å². The highest BCUT2D eigenvalue weighted by Crippen LogP contribution is 2.14. The van der Waals surface area contributed by atoms with E-state index in [0.29, 0.717) is 0 Å². The fourth-order valence-corrected chi connectivity index (χ4v) is 0.973. The number of hydrogen-bond donors (Lipinski definition) is 1. The lowest BCUT2D eigenvalue weighted by Gasteiger charge is -2.01. The summed E-state index contributed by atoms with van der Waals surface area (Å²) in [5, 5.41) is 2.74. The molecule has 0 saturated heterocycles. The van der Waals surface area contributed by atoms with Crippen molar-refractivity contribution in [2.24, 2.45) is 0 Å². The van der Waals surface area contributed by atoms with Gasteiger partial charge in [0.05, 0.1) is 0 Å². The van der Waals surface area contributed by atoms with Crippen molar-refractivity contribution >= 4 is 5.91 Å². The third kappa shape index (κ3) is 1.72. The van der Waals surface area contributed by atoms with Crippen molar-refractivity contribution in [1.82, 2.24) is 5.32 Å². The standard InChI is InChI=1S/C8H11NO/c1-6-3-4-8(5-6)9-7(2)10/h3-4H,5H2,1-2H3,(H,9,10). The Labute approximate surface area is 60.6 Å². The first kappa shape index (κ1) is 7.06. The monoisotopic (exact) mass is 137 g/mol. The second kappa shape index (κ2) is 2.69. The molecule has 2 heteroatoms. The quantitative estimate of drug-likeness (QED) is 0.580. The summed E-state index contributed by atoms with van der Waals surface area (Å²) in [5.74, 6) is 0.00866. The summed E-state index contributed by atoms with van der Waals surface area (Å²) >= 11 is 0. The SMILES string of the molecule is CC(=O)NC1=CC=C(C)C1. The van der Waals surface area contributed by atoms with Gasteiger partial charge in [-0.05, 0) is 13.0 Å². The number of allylic oxidation sites excluding steroid dienone is 3. The number of carbonyl (C=O) groups is 1. The highest BCUT2D eigenvalue weighted by Gasteiger charge is 2.04. The predicted molar refractivity (Wildman–Crippen MR) is 40.3 cm³/mol. The lowest BCUT2D eigenvalue weighted by Crippen LogP contribution is -2.17. The minimum Gasteiger partial charge on any atom is -0.330 e. The molecule has 0 unspecified atom stereocenters. The van der Waals surface area contributed by atoms with Gasteiger partial charge in [-0.3, -0.25) is 4.79 Å². The molecule has 0 aromatic carbocycles. The highest BCUT2D eigenvalue weighted by atomic mass is 16.1. The van der Waals surface area contributed by atoms with E-state index in [1.807, 2.05) is 19.1 Å². The van der Waals surface area contributed by atoms with Crippen molar-refractivity contribution in [3.63, 3.8) is 0 Å². The van der Waals surface area contributed by atoms with Crippen LogP contribution in [0.5, 0.6) is 0 Å². The minimum atomic E-state index is 0.00866. The Morgan fingerprint density at radius 3 is 2.70 bits per heavy atom. The molecule has 0 atom stereocenters. The van der Waals surface area contributed by atoms with Crippen molar-refractivity contribution < 1.29 is 4.79 Å². The lowest BCUT2D eigenvalue weighted by atomic mass is 10.2. The first-order valence-corrected chi connectivity index (χ1v) is 3.32. The molecule has 0 aromatic heterocycles. The molecule has 2 nitrogen and oxygen atoms in total. The van der Waals surface area contributed by atoms with E-state index in [9.17, 15) is 4.79 Å². The van der Waals surface area contributed by atoms with Gasteiger partial charge in [-0.1, -0.05) is 11.6 Å². The van der Waals surface area contributed by atoms with Crippen LogP contribution in [0.2, 0.25) is 0 Å². The molecule has 0 radical (unpaired) electrons. The van der Waals surface area contributed by atoms with Crippen molar-refractivity contribution in [1.29, 1.82) is 0 Å². The van der Waals surface area contributed by atoms with Crippen LogP contribution in [0.25, 0.3) is 0 Å². The van der Waals surface area contributed by atoms with Crippen LogP contribution in [0.1, 0.15) is 20.3 Å². The molecule has 0 bridgehead atoms. The topological polar surface area (TPSA) is 29.1 Å². The fraction of sp³-hybridized carbons (Fsp3) is 0.375. The van der Waals surface area contributed by atoms with Gasteiger partial charge in [-0.2, -0.15) is 0 Å². The summed E-state index contributed by atoms with van der Waals surface area (Å²) < 4.78 is 0. The molecule has 10 heavy (non-hydrogen) atoms. The molecule has 0 spiro atoms. The van der Waals surface area contributed by atoms with Gasteiger partial charge in [-0.25, -0.2) is 0 Å². The predicted octanol–water partition coefficient (Wildman–Crippen LogP) is 1.36. The van der Waals surface area contributed by atoms with E-state index in [2.05, 4.69) is 5.32 Å². The molecule has 0 heterocycles. The van der Waals surface area contributed by atoms with E-state index in [1.54, 1.807) is 0 Å². The van der Waals surface area contributed by atoms with Gasteiger partial charge in [0, 0.05) is 19.0 Å². The van der Waals surface area contributed by atoms with Crippen molar-refractivity contribution in [3.8, 4) is 0 Å². The number of hydrogen-bond acceptors (Lipinski definition) is 1. The number of rotatable bonds is 1. The van der Waals surface area contributed by atoms with E-state index in [0.717, 1.165) is 12.1 Å². The lowest BCUT2D eigenvalue weighted by molar-refractivity contribution is -0.118. The van der Waals surface area contributed by atoms with Crippen molar-refractivity contribution in [2.75, 3.05) is 0 Å². The molecule has 1 aliphatic rings. The van der Waals surface area contributed by atoms with Crippen LogP contribution in [0.15, 0.2) is 23.4 Å². The Hall–Kier alpha value is -1.05. The molecule has 1 aliphatic carbocycles. The molecule has 1 rings (SSSR count). The molecule has 0 saturated carbocycles. The van der Waals surface area contributed by atoms with Crippen LogP contribution >= 0.6 is 0 Å². The van der Waals surface area contributed by atoms with Crippen molar-refractivity contribution in [3.05, 3.63) is 23.4 Å². The summed E-state index contributed by atoms with van der Waals surface area (Å²) in [6.45, 7) is 3.57. The molecule has 1 amide bonds. The normalized spacial score (nSPS) is 16.2. The molecular formula is C8H11NO. The number of carbonyl (C=O) groups excluding carboxylic acids is 1. The summed E-state index contributed by atoms with van der Waals surface area (Å²) in [4.78, 5) is 10.5. The average Bonchev–Trinajstić information content (AvgIpc) is 2.13. The minimum absolute atomic E-state index is 0.00866. The molecule has 0 fully saturated rings. The van der Waals surface area contributed by atoms with E-state index in [4.69, 9.17) is 0 Å². The Bertz CT molecular complexity index is 213. The smallest absolute Gasteiger partial charge is 0.221 e. The van der Waals surface area contributed by atoms with E-state index in [-0.39, 0.29) is 5.91 Å². The summed E-state index contributed by atoms with van der Waals surface area (Å²) in [7, 11) is 0. The zero-order valence-electron chi connectivity index (χ0n) is 6.27. The Kier molecular flexibility index (Phi) is 1.90. The fourth-order valence-electron chi connectivity index (χ4n) is 0.973. The summed E-state index contributed by atoms with van der Waals surface area (Å²) in [6.07, 6.45) is 4.85. The second-order valence-electron chi connectivity index (χ2n) is 2.56. The van der Waals surface area contributed by atoms with Gasteiger partial charge in [0.15, 0.2) is 0 Å². The van der Waals surface area contributed by atoms with Crippen LogP contribution in [0.4, 0.5) is 0 Å². The maximum atomic E-state index is 10.5. The van der Waals surface area contributed by atoms with Gasteiger partial charge >= 0.3 is 0 Å². The van der Waals surface area contributed by atoms with Gasteiger partial charge in [0.25, 0.3) is 0 Å². The zero-order valence-corrected chi connectivity index (χ0v) is 6.27. The first-order chi connectivity index (χ1) is 4.68. The Morgan fingerprint density at radius 2 is 2.30 bits per heavy atom. The van der Waals surface area contributed by atoms with Gasteiger partial charge in [0.1, 0.15) is 0 Å². The number of amides is 1. The van der Waals surface area contributed by atoms with Gasteiger partial charge in [0.2, 0.25) is 5.91 Å². The van der Waals surface area contributed by atoms with Gasteiger partial charge < -0.3 is 5.32 Å². The summed E-state index contributed by atoms with van der Waals surface area (Å²) in [5.41, 5.74) is 2.30. The van der Waals surface area contributed by atoms with Crippen LogP contribution < -0.4 is 5.32 Å².